The van der Waals surface area contributed by atoms with Gasteiger partial charge in [0.25, 0.3) is 0 Å². The van der Waals surface area contributed by atoms with Gasteiger partial charge in [0.15, 0.2) is 11.5 Å². The number of nitrogens with one attached hydrogen (secondary N) is 2. The fraction of sp³-hybridized carbons (Fsp3) is 0.588. The third kappa shape index (κ3) is 6.01. The van der Waals surface area contributed by atoms with Crippen molar-refractivity contribution < 1.29 is 4.79 Å². The van der Waals surface area contributed by atoms with Crippen LogP contribution in [0.15, 0.2) is 24.4 Å². The standard InChI is InChI=1S/C17H25N5OS.2ClH/c1-24-11-8-14(17-21-20-15-4-2-3-10-22(15)17)19-16(23)6-5-13-7-9-18-12-13;;/h2-4,10,13-14,18H,5-9,11-12H2,1H3,(H,19,23);2*1H. The Hall–Kier alpha value is -1.02. The Bertz CT molecular complexity index is 678. The maximum absolute atomic E-state index is 12.4. The fourth-order valence-corrected chi connectivity index (χ4v) is 3.63. The summed E-state index contributed by atoms with van der Waals surface area (Å²) in [6.07, 6.45) is 7.60. The molecule has 2 aromatic heterocycles. The molecule has 1 amide bonds. The van der Waals surface area contributed by atoms with Gasteiger partial charge in [0, 0.05) is 12.6 Å². The minimum absolute atomic E-state index is 0. The van der Waals surface area contributed by atoms with E-state index in [1.807, 2.05) is 28.8 Å². The van der Waals surface area contributed by atoms with Crippen molar-refractivity contribution in [2.24, 2.45) is 5.92 Å². The lowest BCUT2D eigenvalue weighted by Crippen LogP contribution is -2.30. The van der Waals surface area contributed by atoms with Gasteiger partial charge in [0.2, 0.25) is 5.91 Å². The molecule has 0 radical (unpaired) electrons. The quantitative estimate of drug-likeness (QED) is 0.687. The molecular formula is C17H27Cl2N5OS. The summed E-state index contributed by atoms with van der Waals surface area (Å²) >= 11 is 1.78. The molecule has 2 N–H and O–H groups in total. The lowest BCUT2D eigenvalue weighted by atomic mass is 10.0. The van der Waals surface area contributed by atoms with Gasteiger partial charge in [0.05, 0.1) is 6.04 Å². The Morgan fingerprint density at radius 2 is 2.27 bits per heavy atom. The van der Waals surface area contributed by atoms with E-state index in [4.69, 9.17) is 0 Å². The monoisotopic (exact) mass is 419 g/mol. The number of hydrogen-bond acceptors (Lipinski definition) is 5. The van der Waals surface area contributed by atoms with Crippen molar-refractivity contribution in [1.82, 2.24) is 25.2 Å². The summed E-state index contributed by atoms with van der Waals surface area (Å²) in [6.45, 7) is 2.12. The predicted octanol–water partition coefficient (Wildman–Crippen LogP) is 2.87. The van der Waals surface area contributed by atoms with Crippen molar-refractivity contribution in [3.8, 4) is 0 Å². The molecule has 1 aliphatic heterocycles. The lowest BCUT2D eigenvalue weighted by Gasteiger charge is -2.17. The van der Waals surface area contributed by atoms with E-state index in [1.54, 1.807) is 11.8 Å². The van der Waals surface area contributed by atoms with Crippen molar-refractivity contribution in [2.75, 3.05) is 25.1 Å². The number of nitrogens with zero attached hydrogens (tertiary/aromatic N) is 3. The van der Waals surface area contributed by atoms with Gasteiger partial charge < -0.3 is 10.6 Å². The summed E-state index contributed by atoms with van der Waals surface area (Å²) in [5.41, 5.74) is 0.813. The van der Waals surface area contributed by atoms with Crippen LogP contribution in [0.3, 0.4) is 0 Å². The molecule has 2 aromatic rings. The summed E-state index contributed by atoms with van der Waals surface area (Å²) < 4.78 is 1.96. The Labute approximate surface area is 171 Å². The van der Waals surface area contributed by atoms with E-state index in [1.165, 1.54) is 6.42 Å². The normalized spacial score (nSPS) is 17.3. The molecule has 26 heavy (non-hydrogen) atoms. The Morgan fingerprint density at radius 1 is 1.42 bits per heavy atom. The largest absolute Gasteiger partial charge is 0.346 e. The number of pyridine rings is 1. The van der Waals surface area contributed by atoms with Crippen LogP contribution in [0.5, 0.6) is 0 Å². The number of halogens is 2. The number of rotatable bonds is 8. The molecule has 0 aliphatic carbocycles. The van der Waals surface area contributed by atoms with E-state index in [0.29, 0.717) is 12.3 Å². The summed E-state index contributed by atoms with van der Waals surface area (Å²) in [5, 5.41) is 15.1. The molecule has 1 aliphatic rings. The first-order valence-corrected chi connectivity index (χ1v) is 9.96. The Balaban J connectivity index is 0.00000169. The van der Waals surface area contributed by atoms with Crippen LogP contribution in [0.25, 0.3) is 5.65 Å². The van der Waals surface area contributed by atoms with E-state index in [9.17, 15) is 4.79 Å². The van der Waals surface area contributed by atoms with Gasteiger partial charge in [-0.25, -0.2) is 0 Å². The number of fused-ring (bicyclic) bond motifs is 1. The Morgan fingerprint density at radius 3 is 3.00 bits per heavy atom. The molecule has 6 nitrogen and oxygen atoms in total. The molecule has 0 spiro atoms. The molecule has 146 valence electrons. The highest BCUT2D eigenvalue weighted by Gasteiger charge is 2.21. The summed E-state index contributed by atoms with van der Waals surface area (Å²) in [5.74, 6) is 2.53. The van der Waals surface area contributed by atoms with Crippen LogP contribution in [-0.2, 0) is 4.79 Å². The first-order chi connectivity index (χ1) is 11.8. The van der Waals surface area contributed by atoms with Crippen LogP contribution in [0.1, 0.15) is 37.5 Å². The highest BCUT2D eigenvalue weighted by molar-refractivity contribution is 7.98. The third-order valence-corrected chi connectivity index (χ3v) is 5.18. The van der Waals surface area contributed by atoms with Crippen molar-refractivity contribution in [3.63, 3.8) is 0 Å². The minimum Gasteiger partial charge on any atom is -0.346 e. The molecule has 9 heteroatoms. The maximum atomic E-state index is 12.4. The molecule has 2 atom stereocenters. The van der Waals surface area contributed by atoms with Crippen LogP contribution in [0.4, 0.5) is 0 Å². The second-order valence-electron chi connectivity index (χ2n) is 6.29. The number of hydrogen-bond donors (Lipinski definition) is 2. The van der Waals surface area contributed by atoms with Gasteiger partial charge in [-0.15, -0.1) is 35.0 Å². The average molecular weight is 420 g/mol. The van der Waals surface area contributed by atoms with Crippen molar-refractivity contribution in [3.05, 3.63) is 30.2 Å². The van der Waals surface area contributed by atoms with E-state index in [-0.39, 0.29) is 36.8 Å². The van der Waals surface area contributed by atoms with Gasteiger partial charge in [-0.1, -0.05) is 6.07 Å². The maximum Gasteiger partial charge on any atom is 0.220 e. The van der Waals surface area contributed by atoms with Crippen molar-refractivity contribution in [1.29, 1.82) is 0 Å². The van der Waals surface area contributed by atoms with Crippen molar-refractivity contribution >= 4 is 48.1 Å². The van der Waals surface area contributed by atoms with Crippen LogP contribution in [0, 0.1) is 5.92 Å². The highest BCUT2D eigenvalue weighted by Crippen LogP contribution is 2.19. The fourth-order valence-electron chi connectivity index (χ4n) is 3.16. The molecule has 1 saturated heterocycles. The first-order valence-electron chi connectivity index (χ1n) is 8.56. The zero-order valence-corrected chi connectivity index (χ0v) is 17.3. The van der Waals surface area contributed by atoms with Crippen LogP contribution in [0.2, 0.25) is 0 Å². The molecule has 0 aromatic carbocycles. The number of carbonyl (C=O) groups is 1. The molecule has 0 saturated carbocycles. The number of carbonyl (C=O) groups excluding carboxylic acids is 1. The van der Waals surface area contributed by atoms with E-state index < -0.39 is 0 Å². The summed E-state index contributed by atoms with van der Waals surface area (Å²) in [6, 6.07) is 5.74. The zero-order chi connectivity index (χ0) is 16.8. The van der Waals surface area contributed by atoms with Gasteiger partial charge >= 0.3 is 0 Å². The van der Waals surface area contributed by atoms with Gasteiger partial charge in [0.1, 0.15) is 0 Å². The van der Waals surface area contributed by atoms with E-state index in [0.717, 1.165) is 43.2 Å². The molecule has 3 heterocycles. The zero-order valence-electron chi connectivity index (χ0n) is 14.9. The number of aromatic nitrogens is 3. The van der Waals surface area contributed by atoms with E-state index in [2.05, 4.69) is 27.1 Å². The van der Waals surface area contributed by atoms with Gasteiger partial charge in [-0.2, -0.15) is 11.8 Å². The van der Waals surface area contributed by atoms with Gasteiger partial charge in [-0.05, 0) is 62.4 Å². The first kappa shape index (κ1) is 23.0. The Kier molecular flexibility index (Phi) is 10.3. The number of amides is 1. The third-order valence-electron chi connectivity index (χ3n) is 4.54. The SMILES string of the molecule is CSCCC(NC(=O)CCC1CCNC1)c1nnc2ccccn12.Cl.Cl. The van der Waals surface area contributed by atoms with E-state index >= 15 is 0 Å². The molecule has 3 rings (SSSR count). The highest BCUT2D eigenvalue weighted by atomic mass is 35.5. The minimum atomic E-state index is -0.0935. The smallest absolute Gasteiger partial charge is 0.220 e. The van der Waals surface area contributed by atoms with Gasteiger partial charge in [-0.3, -0.25) is 9.20 Å². The second kappa shape index (κ2) is 11.6. The van der Waals surface area contributed by atoms with Crippen LogP contribution < -0.4 is 10.6 Å². The van der Waals surface area contributed by atoms with Crippen LogP contribution in [-0.4, -0.2) is 45.6 Å². The van der Waals surface area contributed by atoms with Crippen molar-refractivity contribution in [2.45, 2.75) is 31.7 Å². The predicted molar refractivity (Wildman–Crippen MR) is 112 cm³/mol. The molecule has 1 fully saturated rings. The second-order valence-corrected chi connectivity index (χ2v) is 7.27. The summed E-state index contributed by atoms with van der Waals surface area (Å²) in [7, 11) is 0. The lowest BCUT2D eigenvalue weighted by molar-refractivity contribution is -0.122. The molecule has 2 unspecified atom stereocenters. The average Bonchev–Trinajstić information content (AvgIpc) is 3.26. The molecular weight excluding hydrogens is 393 g/mol. The number of thioether (sulfide) groups is 1. The topological polar surface area (TPSA) is 71.3 Å². The molecule has 0 bridgehead atoms. The van der Waals surface area contributed by atoms with Crippen LogP contribution >= 0.6 is 36.6 Å². The summed E-state index contributed by atoms with van der Waals surface area (Å²) in [4.78, 5) is 12.4.